The van der Waals surface area contributed by atoms with Crippen LogP contribution in [0.15, 0.2) is 18.2 Å². The van der Waals surface area contributed by atoms with Gasteiger partial charge >= 0.3 is 12.1 Å². The van der Waals surface area contributed by atoms with Crippen LogP contribution in [0, 0.1) is 0 Å². The fraction of sp³-hybridized carbons (Fsp3) is 0.500. The van der Waals surface area contributed by atoms with Crippen LogP contribution < -0.4 is 4.74 Å². The lowest BCUT2D eigenvalue weighted by molar-refractivity contribution is -0.154. The first-order chi connectivity index (χ1) is 10.7. The summed E-state index contributed by atoms with van der Waals surface area (Å²) in [6.45, 7) is -0.141. The van der Waals surface area contributed by atoms with Crippen LogP contribution in [0.25, 0.3) is 0 Å². The largest absolute Gasteiger partial charge is 0.480 e. The fourth-order valence-electron chi connectivity index (χ4n) is 2.03. The minimum absolute atomic E-state index is 0.148. The summed E-state index contributed by atoms with van der Waals surface area (Å²) in [5, 5.41) is 9.09. The highest BCUT2D eigenvalue weighted by Gasteiger charge is 2.39. The van der Waals surface area contributed by atoms with Crippen molar-refractivity contribution >= 4 is 11.9 Å². The van der Waals surface area contributed by atoms with Gasteiger partial charge in [-0.1, -0.05) is 6.07 Å². The Morgan fingerprint density at radius 1 is 1.43 bits per heavy atom. The second-order valence-electron chi connectivity index (χ2n) is 5.22. The molecule has 1 fully saturated rings. The highest BCUT2D eigenvalue weighted by atomic mass is 19.4. The summed E-state index contributed by atoms with van der Waals surface area (Å²) in [5.74, 6) is -2.14. The number of carboxylic acid groups (broad SMARTS) is 1. The number of alkyl halides is 3. The van der Waals surface area contributed by atoms with Crippen molar-refractivity contribution in [2.45, 2.75) is 38.0 Å². The molecule has 1 atom stereocenters. The van der Waals surface area contributed by atoms with Gasteiger partial charge in [-0.3, -0.25) is 4.79 Å². The molecule has 0 radical (unpaired) electrons. The third kappa shape index (κ3) is 4.57. The van der Waals surface area contributed by atoms with E-state index in [2.05, 4.69) is 9.72 Å². The van der Waals surface area contributed by atoms with Crippen molar-refractivity contribution in [3.05, 3.63) is 23.9 Å². The minimum atomic E-state index is -4.51. The second kappa shape index (κ2) is 6.43. The van der Waals surface area contributed by atoms with Gasteiger partial charge in [0.25, 0.3) is 5.91 Å². The number of halogens is 3. The van der Waals surface area contributed by atoms with Crippen molar-refractivity contribution in [1.82, 2.24) is 9.88 Å². The summed E-state index contributed by atoms with van der Waals surface area (Å²) in [6, 6.07) is 2.62. The van der Waals surface area contributed by atoms with Crippen LogP contribution in [-0.4, -0.2) is 51.7 Å². The summed E-state index contributed by atoms with van der Waals surface area (Å²) in [4.78, 5) is 28.5. The van der Waals surface area contributed by atoms with Crippen molar-refractivity contribution < 1.29 is 32.6 Å². The van der Waals surface area contributed by atoms with Gasteiger partial charge in [-0.15, -0.1) is 0 Å². The molecule has 126 valence electrons. The Bertz CT molecular complexity index is 602. The van der Waals surface area contributed by atoms with E-state index in [9.17, 15) is 22.8 Å². The van der Waals surface area contributed by atoms with E-state index in [1.807, 2.05) is 0 Å². The number of aromatic nitrogens is 1. The highest BCUT2D eigenvalue weighted by Crippen LogP contribution is 2.30. The summed E-state index contributed by atoms with van der Waals surface area (Å²) in [6.07, 6.45) is -3.14. The van der Waals surface area contributed by atoms with E-state index in [-0.39, 0.29) is 17.6 Å². The molecule has 0 aliphatic heterocycles. The van der Waals surface area contributed by atoms with E-state index in [0.29, 0.717) is 12.8 Å². The van der Waals surface area contributed by atoms with E-state index in [1.54, 1.807) is 0 Å². The molecule has 1 aliphatic rings. The molecule has 1 unspecified atom stereocenters. The van der Waals surface area contributed by atoms with E-state index in [4.69, 9.17) is 5.11 Å². The van der Waals surface area contributed by atoms with Gasteiger partial charge in [-0.25, -0.2) is 9.78 Å². The third-order valence-corrected chi connectivity index (χ3v) is 3.28. The number of carboxylic acids is 1. The number of hydrogen-bond donors (Lipinski definition) is 1. The molecular weight excluding hydrogens is 317 g/mol. The van der Waals surface area contributed by atoms with Crippen LogP contribution in [0.1, 0.15) is 30.3 Å². The Labute approximate surface area is 129 Å². The molecule has 6 nitrogen and oxygen atoms in total. The number of amides is 1. The van der Waals surface area contributed by atoms with Crippen LogP contribution >= 0.6 is 0 Å². The minimum Gasteiger partial charge on any atom is -0.480 e. The quantitative estimate of drug-likeness (QED) is 0.863. The maximum absolute atomic E-state index is 12.4. The number of ether oxygens (including phenoxy) is 1. The molecule has 0 aromatic carbocycles. The summed E-state index contributed by atoms with van der Waals surface area (Å²) in [5.41, 5.74) is -0.148. The van der Waals surface area contributed by atoms with Gasteiger partial charge < -0.3 is 14.7 Å². The standard InChI is InChI=1S/C14H15F3N2O4/c1-8(13(21)22)19(9-5-6-9)12(20)10-3-2-4-11(18-10)23-7-14(15,16)17/h2-4,8-9H,5-7H2,1H3,(H,21,22). The predicted octanol–water partition coefficient (Wildman–Crippen LogP) is 2.10. The maximum Gasteiger partial charge on any atom is 0.422 e. The topological polar surface area (TPSA) is 79.7 Å². The van der Waals surface area contributed by atoms with Gasteiger partial charge in [-0.2, -0.15) is 13.2 Å². The van der Waals surface area contributed by atoms with Crippen LogP contribution in [0.2, 0.25) is 0 Å². The average molecular weight is 332 g/mol. The molecule has 0 saturated heterocycles. The molecule has 0 bridgehead atoms. The van der Waals surface area contributed by atoms with Crippen molar-refractivity contribution in [3.63, 3.8) is 0 Å². The Morgan fingerprint density at radius 2 is 2.09 bits per heavy atom. The van der Waals surface area contributed by atoms with Gasteiger partial charge in [0, 0.05) is 12.1 Å². The predicted molar refractivity (Wildman–Crippen MR) is 72.1 cm³/mol. The van der Waals surface area contributed by atoms with Gasteiger partial charge in [0.15, 0.2) is 6.61 Å². The normalized spacial score (nSPS) is 15.8. The maximum atomic E-state index is 12.4. The first-order valence-corrected chi connectivity index (χ1v) is 6.91. The zero-order valence-corrected chi connectivity index (χ0v) is 12.2. The molecule has 1 heterocycles. The Kier molecular flexibility index (Phi) is 4.76. The molecular formula is C14H15F3N2O4. The molecule has 0 spiro atoms. The number of hydrogen-bond acceptors (Lipinski definition) is 4. The lowest BCUT2D eigenvalue weighted by Gasteiger charge is -2.26. The molecule has 1 saturated carbocycles. The van der Waals surface area contributed by atoms with Crippen LogP contribution in [0.5, 0.6) is 5.88 Å². The summed E-state index contributed by atoms with van der Waals surface area (Å²) in [7, 11) is 0. The number of carbonyl (C=O) groups is 2. The van der Waals surface area contributed by atoms with Gasteiger partial charge in [0.05, 0.1) is 0 Å². The Balaban J connectivity index is 2.16. The third-order valence-electron chi connectivity index (χ3n) is 3.28. The van der Waals surface area contributed by atoms with Gasteiger partial charge in [0.1, 0.15) is 11.7 Å². The van der Waals surface area contributed by atoms with Gasteiger partial charge in [0.2, 0.25) is 5.88 Å². The molecule has 23 heavy (non-hydrogen) atoms. The number of carbonyl (C=O) groups excluding carboxylic acids is 1. The fourth-order valence-corrected chi connectivity index (χ4v) is 2.03. The molecule has 1 aromatic rings. The highest BCUT2D eigenvalue weighted by molar-refractivity contribution is 5.95. The lowest BCUT2D eigenvalue weighted by Crippen LogP contribution is -2.45. The van der Waals surface area contributed by atoms with Crippen molar-refractivity contribution in [3.8, 4) is 5.88 Å². The van der Waals surface area contributed by atoms with E-state index >= 15 is 0 Å². The van der Waals surface area contributed by atoms with Gasteiger partial charge in [-0.05, 0) is 25.8 Å². The van der Waals surface area contributed by atoms with Crippen molar-refractivity contribution in [2.24, 2.45) is 0 Å². The number of rotatable bonds is 6. The van der Waals surface area contributed by atoms with E-state index in [0.717, 1.165) is 0 Å². The Morgan fingerprint density at radius 3 is 2.61 bits per heavy atom. The van der Waals surface area contributed by atoms with Crippen LogP contribution in [0.3, 0.4) is 0 Å². The number of nitrogens with zero attached hydrogens (tertiary/aromatic N) is 2. The zero-order valence-electron chi connectivity index (χ0n) is 12.2. The molecule has 2 rings (SSSR count). The second-order valence-corrected chi connectivity index (χ2v) is 5.22. The molecule has 1 N–H and O–H groups in total. The summed E-state index contributed by atoms with van der Waals surface area (Å²) >= 11 is 0. The molecule has 1 aliphatic carbocycles. The SMILES string of the molecule is CC(C(=O)O)N(C(=O)c1cccc(OCC(F)(F)F)n1)C1CC1. The Hall–Kier alpha value is -2.32. The molecule has 1 amide bonds. The first-order valence-electron chi connectivity index (χ1n) is 6.91. The van der Waals surface area contributed by atoms with Crippen LogP contribution in [0.4, 0.5) is 13.2 Å². The average Bonchev–Trinajstić information content (AvgIpc) is 3.29. The smallest absolute Gasteiger partial charge is 0.422 e. The van der Waals surface area contributed by atoms with E-state index in [1.165, 1.54) is 30.0 Å². The lowest BCUT2D eigenvalue weighted by atomic mass is 10.2. The van der Waals surface area contributed by atoms with Crippen molar-refractivity contribution in [2.75, 3.05) is 6.61 Å². The molecule has 9 heteroatoms. The monoisotopic (exact) mass is 332 g/mol. The zero-order chi connectivity index (χ0) is 17.2. The van der Waals surface area contributed by atoms with Crippen molar-refractivity contribution in [1.29, 1.82) is 0 Å². The number of pyridine rings is 1. The van der Waals surface area contributed by atoms with E-state index < -0.39 is 30.7 Å². The first kappa shape index (κ1) is 17.0. The van der Waals surface area contributed by atoms with Crippen LogP contribution in [-0.2, 0) is 4.79 Å². The molecule has 1 aromatic heterocycles. The summed E-state index contributed by atoms with van der Waals surface area (Å²) < 4.78 is 40.9. The number of aliphatic carboxylic acids is 1.